The molecular formula is C22H26N4O3. The zero-order chi connectivity index (χ0) is 19.8. The van der Waals surface area contributed by atoms with Crippen LogP contribution in [0, 0.1) is 0 Å². The summed E-state index contributed by atoms with van der Waals surface area (Å²) in [6, 6.07) is 10.2. The number of hydrogen-bond acceptors (Lipinski definition) is 5. The number of nitrogens with zero attached hydrogens (tertiary/aromatic N) is 3. The Hall–Kier alpha value is -2.64. The standard InChI is InChI=1S/C22H26N4O3/c1-28-14-20(27)26-9-6-18-21(24-15-23-18)22(26)7-10-25(11-8-22)13-17-12-16-4-2-3-5-19(16)29-17/h2-5,12,15H,6-11,13-14H2,1H3,(H,23,24). The summed E-state index contributed by atoms with van der Waals surface area (Å²) in [7, 11) is 1.57. The number of aromatic nitrogens is 2. The summed E-state index contributed by atoms with van der Waals surface area (Å²) < 4.78 is 11.1. The first-order valence-electron chi connectivity index (χ1n) is 10.2. The van der Waals surface area contributed by atoms with Crippen molar-refractivity contribution in [1.82, 2.24) is 19.8 Å². The first-order chi connectivity index (χ1) is 14.2. The first-order valence-corrected chi connectivity index (χ1v) is 10.2. The lowest BCUT2D eigenvalue weighted by molar-refractivity contribution is -0.146. The van der Waals surface area contributed by atoms with E-state index in [2.05, 4.69) is 27.0 Å². The van der Waals surface area contributed by atoms with E-state index >= 15 is 0 Å². The number of nitrogens with one attached hydrogen (secondary N) is 1. The minimum Gasteiger partial charge on any atom is -0.460 e. The molecule has 0 radical (unpaired) electrons. The van der Waals surface area contributed by atoms with Crippen LogP contribution in [0.5, 0.6) is 0 Å². The molecule has 2 aromatic heterocycles. The molecule has 0 unspecified atom stereocenters. The molecule has 1 amide bonds. The maximum absolute atomic E-state index is 12.8. The summed E-state index contributed by atoms with van der Waals surface area (Å²) in [4.78, 5) is 25.1. The van der Waals surface area contributed by atoms with Crippen molar-refractivity contribution in [2.45, 2.75) is 31.3 Å². The molecule has 7 heteroatoms. The third-order valence-electron chi connectivity index (χ3n) is 6.37. The quantitative estimate of drug-likeness (QED) is 0.736. The van der Waals surface area contributed by atoms with Gasteiger partial charge in [0.05, 0.1) is 24.1 Å². The van der Waals surface area contributed by atoms with Gasteiger partial charge in [0, 0.05) is 44.2 Å². The van der Waals surface area contributed by atoms with Crippen molar-refractivity contribution >= 4 is 16.9 Å². The van der Waals surface area contributed by atoms with E-state index in [1.54, 1.807) is 13.4 Å². The average molecular weight is 394 g/mol. The zero-order valence-electron chi connectivity index (χ0n) is 16.7. The lowest BCUT2D eigenvalue weighted by Gasteiger charge is -2.50. The molecule has 0 aliphatic carbocycles. The molecule has 2 aliphatic heterocycles. The van der Waals surface area contributed by atoms with Gasteiger partial charge in [0.25, 0.3) is 0 Å². The van der Waals surface area contributed by atoms with Crippen LogP contribution in [-0.2, 0) is 28.0 Å². The number of piperidine rings is 1. The van der Waals surface area contributed by atoms with Gasteiger partial charge in [0.2, 0.25) is 5.91 Å². The molecule has 4 heterocycles. The fourth-order valence-corrected chi connectivity index (χ4v) is 4.97. The van der Waals surface area contributed by atoms with E-state index in [0.29, 0.717) is 6.54 Å². The Labute approximate surface area is 169 Å². The molecule has 0 bridgehead atoms. The molecule has 1 N–H and O–H groups in total. The first kappa shape index (κ1) is 18.4. The minimum absolute atomic E-state index is 0.0480. The Morgan fingerprint density at radius 2 is 2.10 bits per heavy atom. The summed E-state index contributed by atoms with van der Waals surface area (Å²) in [5, 5.41) is 1.14. The summed E-state index contributed by atoms with van der Waals surface area (Å²) in [5.74, 6) is 1.03. The number of ether oxygens (including phenoxy) is 1. The van der Waals surface area contributed by atoms with Gasteiger partial charge in [-0.1, -0.05) is 18.2 Å². The third-order valence-corrected chi connectivity index (χ3v) is 6.37. The van der Waals surface area contributed by atoms with E-state index in [4.69, 9.17) is 9.15 Å². The van der Waals surface area contributed by atoms with Crippen LogP contribution in [-0.4, -0.2) is 59.0 Å². The van der Waals surface area contributed by atoms with Crippen molar-refractivity contribution in [2.75, 3.05) is 33.4 Å². The van der Waals surface area contributed by atoms with Crippen LogP contribution in [0.2, 0.25) is 0 Å². The molecule has 5 rings (SSSR count). The average Bonchev–Trinajstić information content (AvgIpc) is 3.37. The molecule has 0 atom stereocenters. The highest BCUT2D eigenvalue weighted by molar-refractivity contribution is 5.79. The molecule has 1 saturated heterocycles. The van der Waals surface area contributed by atoms with Crippen molar-refractivity contribution < 1.29 is 13.9 Å². The predicted molar refractivity (Wildman–Crippen MR) is 108 cm³/mol. The molecule has 1 aromatic carbocycles. The van der Waals surface area contributed by atoms with Gasteiger partial charge in [0.15, 0.2) is 0 Å². The number of amides is 1. The van der Waals surface area contributed by atoms with Crippen LogP contribution in [0.4, 0.5) is 0 Å². The second kappa shape index (κ2) is 7.31. The van der Waals surface area contributed by atoms with Gasteiger partial charge in [-0.25, -0.2) is 4.98 Å². The summed E-state index contributed by atoms with van der Waals surface area (Å²) >= 11 is 0. The molecule has 0 saturated carbocycles. The van der Waals surface area contributed by atoms with Crippen molar-refractivity contribution in [3.8, 4) is 0 Å². The number of furan rings is 1. The Kier molecular flexibility index (Phi) is 4.64. The van der Waals surface area contributed by atoms with Gasteiger partial charge < -0.3 is 19.0 Å². The molecule has 1 spiro atoms. The smallest absolute Gasteiger partial charge is 0.249 e. The molecular weight excluding hydrogens is 368 g/mol. The van der Waals surface area contributed by atoms with Gasteiger partial charge in [-0.15, -0.1) is 0 Å². The number of carbonyl (C=O) groups excluding carboxylic acids is 1. The maximum atomic E-state index is 12.8. The van der Waals surface area contributed by atoms with Crippen LogP contribution in [0.3, 0.4) is 0 Å². The second-order valence-corrected chi connectivity index (χ2v) is 8.02. The number of H-pyrrole nitrogens is 1. The fourth-order valence-electron chi connectivity index (χ4n) is 4.97. The number of imidazole rings is 1. The summed E-state index contributed by atoms with van der Waals surface area (Å²) in [6.07, 6.45) is 4.30. The van der Waals surface area contributed by atoms with E-state index in [9.17, 15) is 4.79 Å². The van der Waals surface area contributed by atoms with E-state index in [-0.39, 0.29) is 18.1 Å². The van der Waals surface area contributed by atoms with E-state index in [1.165, 1.54) is 0 Å². The predicted octanol–water partition coefficient (Wildman–Crippen LogP) is 2.68. The SMILES string of the molecule is COCC(=O)N1CCc2[nH]cnc2C12CCN(Cc1cc3ccccc3o1)CC2. The Bertz CT molecular complexity index is 983. The fraction of sp³-hybridized carbons (Fsp3) is 0.455. The number of fused-ring (bicyclic) bond motifs is 3. The molecule has 152 valence electrons. The number of hydrogen-bond donors (Lipinski definition) is 1. The van der Waals surface area contributed by atoms with E-state index < -0.39 is 0 Å². The monoisotopic (exact) mass is 394 g/mol. The van der Waals surface area contributed by atoms with Crippen molar-refractivity contribution in [1.29, 1.82) is 0 Å². The Morgan fingerprint density at radius 1 is 1.28 bits per heavy atom. The highest BCUT2D eigenvalue weighted by Gasteiger charge is 2.48. The summed E-state index contributed by atoms with van der Waals surface area (Å²) in [6.45, 7) is 3.38. The van der Waals surface area contributed by atoms with Crippen molar-refractivity contribution in [3.05, 3.63) is 53.8 Å². The van der Waals surface area contributed by atoms with E-state index in [0.717, 1.165) is 67.0 Å². The highest BCUT2D eigenvalue weighted by Crippen LogP contribution is 2.42. The second-order valence-electron chi connectivity index (χ2n) is 8.02. The van der Waals surface area contributed by atoms with Gasteiger partial charge >= 0.3 is 0 Å². The Balaban J connectivity index is 1.35. The topological polar surface area (TPSA) is 74.6 Å². The van der Waals surface area contributed by atoms with E-state index in [1.807, 2.05) is 23.1 Å². The van der Waals surface area contributed by atoms with Crippen molar-refractivity contribution in [2.24, 2.45) is 0 Å². The third kappa shape index (κ3) is 3.14. The van der Waals surface area contributed by atoms with Gasteiger partial charge in [-0.3, -0.25) is 9.69 Å². The molecule has 7 nitrogen and oxygen atoms in total. The lowest BCUT2D eigenvalue weighted by Crippen LogP contribution is -2.58. The number of benzene rings is 1. The van der Waals surface area contributed by atoms with Crippen molar-refractivity contribution in [3.63, 3.8) is 0 Å². The summed E-state index contributed by atoms with van der Waals surface area (Å²) in [5.41, 5.74) is 2.79. The van der Waals surface area contributed by atoms with Gasteiger partial charge in [-0.05, 0) is 25.0 Å². The zero-order valence-corrected chi connectivity index (χ0v) is 16.7. The minimum atomic E-state index is -0.340. The van der Waals surface area contributed by atoms with Crippen LogP contribution in [0.15, 0.2) is 41.1 Å². The molecule has 3 aromatic rings. The molecule has 1 fully saturated rings. The largest absolute Gasteiger partial charge is 0.460 e. The Morgan fingerprint density at radius 3 is 2.90 bits per heavy atom. The highest BCUT2D eigenvalue weighted by atomic mass is 16.5. The number of aromatic amines is 1. The lowest BCUT2D eigenvalue weighted by atomic mass is 9.78. The normalized spacial score (nSPS) is 19.0. The van der Waals surface area contributed by atoms with Gasteiger partial charge in [-0.2, -0.15) is 0 Å². The maximum Gasteiger partial charge on any atom is 0.249 e. The van der Waals surface area contributed by atoms with Crippen LogP contribution >= 0.6 is 0 Å². The molecule has 29 heavy (non-hydrogen) atoms. The van der Waals surface area contributed by atoms with Crippen LogP contribution in [0.25, 0.3) is 11.0 Å². The number of likely N-dealkylation sites (tertiary alicyclic amines) is 1. The number of rotatable bonds is 4. The van der Waals surface area contributed by atoms with Gasteiger partial charge in [0.1, 0.15) is 18.0 Å². The van der Waals surface area contributed by atoms with Crippen LogP contribution < -0.4 is 0 Å². The number of methoxy groups -OCH3 is 1. The van der Waals surface area contributed by atoms with Crippen LogP contribution in [0.1, 0.15) is 30.0 Å². The molecule has 2 aliphatic rings. The number of para-hydroxylation sites is 1. The number of carbonyl (C=O) groups is 1.